The summed E-state index contributed by atoms with van der Waals surface area (Å²) in [5.74, 6) is -1.86. The lowest BCUT2D eigenvalue weighted by atomic mass is 10.0. The second-order valence-electron chi connectivity index (χ2n) is 12.8. The molecule has 0 aromatic carbocycles. The van der Waals surface area contributed by atoms with Crippen molar-refractivity contribution in [3.8, 4) is 0 Å². The number of amides is 7. The van der Waals surface area contributed by atoms with Gasteiger partial charge in [0.1, 0.15) is 0 Å². The summed E-state index contributed by atoms with van der Waals surface area (Å²) in [7, 11) is 0.866. The van der Waals surface area contributed by atoms with Gasteiger partial charge >= 0.3 is 6.03 Å². The second-order valence-corrected chi connectivity index (χ2v) is 16.6. The van der Waals surface area contributed by atoms with Crippen molar-refractivity contribution in [3.63, 3.8) is 0 Å². The van der Waals surface area contributed by atoms with Crippen LogP contribution in [0.15, 0.2) is 0 Å². The topological polar surface area (TPSA) is 300 Å². The number of hydrogen-bond acceptors (Lipinski definition) is 15. The Morgan fingerprint density at radius 2 is 1.34 bits per heavy atom. The SMILES string of the molecule is [B]CC(=O)N(CCNC(=O)CN(CCOP(=O)([O-])OCCCCCCNC(=O)CCCCC1SCC2NC(=O)NC21)C(=O)C[B])CC(=O)NCCOP(=O)([O-])[O-]. The van der Waals surface area contributed by atoms with Gasteiger partial charge in [-0.25, -0.2) is 4.79 Å². The summed E-state index contributed by atoms with van der Waals surface area (Å²) >= 11 is 1.85. The molecule has 0 saturated carbocycles. The zero-order chi connectivity index (χ0) is 41.6. The molecule has 56 heavy (non-hydrogen) atoms. The highest BCUT2D eigenvalue weighted by Gasteiger charge is 2.42. The molecule has 4 unspecified atom stereocenters. The number of carbonyl (C=O) groups is 6. The first-order valence-corrected chi connectivity index (χ1v) is 22.2. The summed E-state index contributed by atoms with van der Waals surface area (Å²) in [5, 5.41) is 13.9. The van der Waals surface area contributed by atoms with E-state index in [1.54, 1.807) is 0 Å². The number of rotatable bonds is 30. The summed E-state index contributed by atoms with van der Waals surface area (Å²) in [6, 6.07) is 0.234. The number of phosphoric acid groups is 2. The van der Waals surface area contributed by atoms with Gasteiger partial charge in [0.05, 0.1) is 68.5 Å². The standard InChI is InChI=1S/C30H53B2N7O14P2S/c31-17-27(43)38(19-26(42)35-11-15-51-54(46,47)48)12-10-34-25(41)20-39(28(44)18-32)13-16-53-55(49,50)52-14-6-2-1-5-9-33-24(40)8-4-3-7-23-29-22(21-56-23)36-30(45)37-29/h22-23,29H,1-21H2,(H,33,40)(H,34,41)(H,35,42)(H,49,50)(H2,36,37,45)(H2,46,47,48)/p-3. The summed E-state index contributed by atoms with van der Waals surface area (Å²) in [4.78, 5) is 108. The number of thioether (sulfide) groups is 1. The fraction of sp³-hybridized carbons (Fsp3) is 0.800. The Morgan fingerprint density at radius 1 is 0.732 bits per heavy atom. The molecule has 314 valence electrons. The van der Waals surface area contributed by atoms with E-state index in [-0.39, 0.29) is 56.8 Å². The van der Waals surface area contributed by atoms with E-state index in [4.69, 9.17) is 24.7 Å². The Morgan fingerprint density at radius 3 is 2.00 bits per heavy atom. The van der Waals surface area contributed by atoms with Crippen LogP contribution in [0.25, 0.3) is 0 Å². The van der Waals surface area contributed by atoms with Crippen LogP contribution in [0.1, 0.15) is 51.4 Å². The minimum Gasteiger partial charge on any atom is -0.790 e. The average Bonchev–Trinajstić information content (AvgIpc) is 3.69. The lowest BCUT2D eigenvalue weighted by Crippen LogP contribution is -2.46. The molecule has 2 aliphatic heterocycles. The van der Waals surface area contributed by atoms with E-state index in [1.165, 1.54) is 0 Å². The van der Waals surface area contributed by atoms with Crippen LogP contribution in [0.5, 0.6) is 0 Å². The molecule has 0 aromatic heterocycles. The van der Waals surface area contributed by atoms with Crippen molar-refractivity contribution in [2.75, 3.05) is 71.4 Å². The molecule has 4 atom stereocenters. The summed E-state index contributed by atoms with van der Waals surface area (Å²) < 4.78 is 36.4. The largest absolute Gasteiger partial charge is 0.790 e. The third kappa shape index (κ3) is 21.2. The lowest BCUT2D eigenvalue weighted by molar-refractivity contribution is -0.341. The van der Waals surface area contributed by atoms with E-state index < -0.39 is 78.2 Å². The van der Waals surface area contributed by atoms with Crippen LogP contribution in [-0.2, 0) is 46.7 Å². The molecule has 0 spiro atoms. The zero-order valence-electron chi connectivity index (χ0n) is 31.1. The van der Waals surface area contributed by atoms with E-state index >= 15 is 0 Å². The minimum atomic E-state index is -5.21. The summed E-state index contributed by atoms with van der Waals surface area (Å²) in [6.45, 7) is -2.77. The van der Waals surface area contributed by atoms with Gasteiger partial charge in [-0.2, -0.15) is 11.8 Å². The number of carbonyl (C=O) groups excluding carboxylic acids is 6. The number of urea groups is 1. The van der Waals surface area contributed by atoms with Crippen LogP contribution in [-0.4, -0.2) is 150 Å². The maximum Gasteiger partial charge on any atom is 0.315 e. The maximum absolute atomic E-state index is 12.5. The second kappa shape index (κ2) is 26.3. The Balaban J connectivity index is 1.55. The molecular formula is C30H50B2N7O14P2S-3. The van der Waals surface area contributed by atoms with Crippen molar-refractivity contribution < 1.29 is 66.1 Å². The van der Waals surface area contributed by atoms with Crippen LogP contribution in [0.3, 0.4) is 0 Å². The average molecular weight is 848 g/mol. The normalized spacial score (nSPS) is 18.6. The van der Waals surface area contributed by atoms with Gasteiger partial charge in [-0.15, -0.1) is 0 Å². The molecule has 2 fully saturated rings. The lowest BCUT2D eigenvalue weighted by Gasteiger charge is -2.28. The van der Waals surface area contributed by atoms with Crippen molar-refractivity contribution in [1.82, 2.24) is 36.4 Å². The van der Waals surface area contributed by atoms with Gasteiger partial charge in [0.25, 0.3) is 7.82 Å². The van der Waals surface area contributed by atoms with Crippen molar-refractivity contribution in [2.45, 2.75) is 81.3 Å². The molecule has 4 radical (unpaired) electrons. The molecule has 0 aromatic rings. The molecule has 0 aliphatic carbocycles. The molecule has 5 N–H and O–H groups in total. The molecule has 26 heteroatoms. The molecular weight excluding hydrogens is 798 g/mol. The number of nitrogens with zero attached hydrogens (tertiary/aromatic N) is 2. The molecule has 0 bridgehead atoms. The predicted molar refractivity (Wildman–Crippen MR) is 199 cm³/mol. The molecule has 2 rings (SSSR count). The quantitative estimate of drug-likeness (QED) is 0.0206. The maximum atomic E-state index is 12.5. The highest BCUT2D eigenvalue weighted by Crippen LogP contribution is 2.38. The van der Waals surface area contributed by atoms with Crippen molar-refractivity contribution in [2.24, 2.45) is 0 Å². The van der Waals surface area contributed by atoms with Crippen molar-refractivity contribution in [1.29, 1.82) is 0 Å². The summed E-state index contributed by atoms with van der Waals surface area (Å²) in [5.41, 5.74) is 0. The molecule has 2 aliphatic rings. The Labute approximate surface area is 333 Å². The monoisotopic (exact) mass is 848 g/mol. The Bertz CT molecular complexity index is 1400. The van der Waals surface area contributed by atoms with Gasteiger partial charge in [0.15, 0.2) is 0 Å². The van der Waals surface area contributed by atoms with Crippen LogP contribution >= 0.6 is 27.4 Å². The van der Waals surface area contributed by atoms with Gasteiger partial charge in [0.2, 0.25) is 29.5 Å². The van der Waals surface area contributed by atoms with Crippen LogP contribution in [0, 0.1) is 0 Å². The Kier molecular flexibility index (Phi) is 23.3. The molecule has 21 nitrogen and oxygen atoms in total. The fourth-order valence-electron chi connectivity index (χ4n) is 5.63. The molecule has 7 amide bonds. The predicted octanol–water partition coefficient (Wildman–Crippen LogP) is -3.20. The van der Waals surface area contributed by atoms with Gasteiger partial charge in [0, 0.05) is 50.1 Å². The highest BCUT2D eigenvalue weighted by molar-refractivity contribution is 8.00. The zero-order valence-corrected chi connectivity index (χ0v) is 33.8. The molecule has 2 heterocycles. The van der Waals surface area contributed by atoms with Gasteiger partial charge < -0.3 is 69.2 Å². The van der Waals surface area contributed by atoms with Crippen molar-refractivity contribution >= 4 is 78.7 Å². The number of unbranched alkanes of at least 4 members (excludes halogenated alkanes) is 4. The van der Waals surface area contributed by atoms with Gasteiger partial charge in [-0.05, 0) is 38.3 Å². The number of nitrogens with one attached hydrogen (secondary N) is 5. The number of hydrogen-bond donors (Lipinski definition) is 5. The van der Waals surface area contributed by atoms with Crippen molar-refractivity contribution in [3.05, 3.63) is 0 Å². The minimum absolute atomic E-state index is 0.0210. The first kappa shape index (κ1) is 49.5. The number of fused-ring (bicyclic) bond motifs is 1. The van der Waals surface area contributed by atoms with Crippen LogP contribution < -0.4 is 41.3 Å². The van der Waals surface area contributed by atoms with Crippen LogP contribution in [0.2, 0.25) is 12.6 Å². The van der Waals surface area contributed by atoms with E-state index in [2.05, 4.69) is 31.1 Å². The highest BCUT2D eigenvalue weighted by atomic mass is 32.2. The third-order valence-corrected chi connectivity index (χ3v) is 11.4. The third-order valence-electron chi connectivity index (χ3n) is 8.44. The van der Waals surface area contributed by atoms with E-state index in [9.17, 15) is 52.6 Å². The van der Waals surface area contributed by atoms with Crippen LogP contribution in [0.4, 0.5) is 4.79 Å². The van der Waals surface area contributed by atoms with Gasteiger partial charge in [-0.3, -0.25) is 28.5 Å². The fourth-order valence-corrected chi connectivity index (χ4v) is 8.22. The smallest absolute Gasteiger partial charge is 0.315 e. The first-order chi connectivity index (χ1) is 26.5. The summed E-state index contributed by atoms with van der Waals surface area (Å²) in [6.07, 6.45) is 4.61. The van der Waals surface area contributed by atoms with E-state index in [1.807, 2.05) is 11.8 Å². The van der Waals surface area contributed by atoms with Gasteiger partial charge in [-0.1, -0.05) is 19.3 Å². The first-order valence-electron chi connectivity index (χ1n) is 18.2. The number of phosphoric ester groups is 2. The van der Waals surface area contributed by atoms with E-state index in [0.717, 1.165) is 41.2 Å². The van der Waals surface area contributed by atoms with E-state index in [0.29, 0.717) is 37.5 Å². The Hall–Kier alpha value is -2.68. The molecule has 2 saturated heterocycles.